The summed E-state index contributed by atoms with van der Waals surface area (Å²) < 4.78 is 4.42. The van der Waals surface area contributed by atoms with Crippen LogP contribution in [0.2, 0.25) is 0 Å². The molecule has 1 fully saturated rings. The standard InChI is InChI=1S/C6H11NO7/c7-14-3-1(8)4(5(10)11)13-6(12)2(3)9/h1-4,6,8-9,12H,7H2,(H,10,11). The van der Waals surface area contributed by atoms with Crippen LogP contribution < -0.4 is 5.90 Å². The summed E-state index contributed by atoms with van der Waals surface area (Å²) in [5.41, 5.74) is 0. The Bertz CT molecular complexity index is 222. The van der Waals surface area contributed by atoms with Crippen molar-refractivity contribution in [3.63, 3.8) is 0 Å². The fraction of sp³-hybridized carbons (Fsp3) is 0.833. The first-order valence-electron chi connectivity index (χ1n) is 3.77. The van der Waals surface area contributed by atoms with E-state index in [0.29, 0.717) is 0 Å². The molecule has 5 unspecified atom stereocenters. The smallest absolute Gasteiger partial charge is 0.335 e. The van der Waals surface area contributed by atoms with Gasteiger partial charge in [0.05, 0.1) is 0 Å². The number of aliphatic carboxylic acids is 1. The fourth-order valence-electron chi connectivity index (χ4n) is 1.21. The van der Waals surface area contributed by atoms with Gasteiger partial charge in [0.2, 0.25) is 0 Å². The number of aliphatic hydroxyl groups is 3. The monoisotopic (exact) mass is 209 g/mol. The molecule has 0 bridgehead atoms. The Morgan fingerprint density at radius 3 is 2.29 bits per heavy atom. The molecule has 0 saturated carbocycles. The highest BCUT2D eigenvalue weighted by molar-refractivity contribution is 5.73. The van der Waals surface area contributed by atoms with Crippen molar-refractivity contribution in [1.29, 1.82) is 0 Å². The molecule has 1 rings (SSSR count). The number of carbonyl (C=O) groups is 1. The van der Waals surface area contributed by atoms with Crippen LogP contribution in [0.4, 0.5) is 0 Å². The second-order valence-electron chi connectivity index (χ2n) is 2.87. The Hall–Kier alpha value is -0.770. The maximum atomic E-state index is 10.5. The van der Waals surface area contributed by atoms with Gasteiger partial charge in [-0.3, -0.25) is 4.84 Å². The van der Waals surface area contributed by atoms with Gasteiger partial charge in [0.1, 0.15) is 18.3 Å². The Balaban J connectivity index is 2.80. The van der Waals surface area contributed by atoms with E-state index < -0.39 is 36.7 Å². The van der Waals surface area contributed by atoms with Gasteiger partial charge in [0, 0.05) is 0 Å². The Labute approximate surface area is 78.4 Å². The van der Waals surface area contributed by atoms with Gasteiger partial charge in [0.15, 0.2) is 12.4 Å². The molecular formula is C6H11NO7. The first-order chi connectivity index (χ1) is 6.49. The van der Waals surface area contributed by atoms with Gasteiger partial charge in [-0.05, 0) is 0 Å². The predicted octanol–water partition coefficient (Wildman–Crippen LogP) is -3.23. The van der Waals surface area contributed by atoms with Crippen molar-refractivity contribution in [2.45, 2.75) is 30.7 Å². The quantitative estimate of drug-likeness (QED) is 0.299. The summed E-state index contributed by atoms with van der Waals surface area (Å²) in [5, 5.41) is 36.1. The van der Waals surface area contributed by atoms with E-state index in [2.05, 4.69) is 9.57 Å². The Morgan fingerprint density at radius 2 is 1.86 bits per heavy atom. The third-order valence-corrected chi connectivity index (χ3v) is 1.96. The molecule has 0 spiro atoms. The molecule has 0 amide bonds. The molecule has 0 aromatic heterocycles. The minimum Gasteiger partial charge on any atom is -0.479 e. The molecule has 8 heteroatoms. The molecule has 0 aliphatic carbocycles. The van der Waals surface area contributed by atoms with E-state index in [1.807, 2.05) is 0 Å². The number of nitrogens with two attached hydrogens (primary N) is 1. The number of carboxylic acids is 1. The van der Waals surface area contributed by atoms with Gasteiger partial charge in [0.25, 0.3) is 0 Å². The molecule has 5 atom stereocenters. The van der Waals surface area contributed by atoms with E-state index in [0.717, 1.165) is 0 Å². The van der Waals surface area contributed by atoms with Crippen LogP contribution >= 0.6 is 0 Å². The van der Waals surface area contributed by atoms with Crippen molar-refractivity contribution < 1.29 is 34.8 Å². The first kappa shape index (κ1) is 11.3. The molecule has 1 heterocycles. The van der Waals surface area contributed by atoms with Crippen LogP contribution in [0.25, 0.3) is 0 Å². The van der Waals surface area contributed by atoms with Crippen molar-refractivity contribution >= 4 is 5.97 Å². The number of aliphatic hydroxyl groups excluding tert-OH is 3. The maximum absolute atomic E-state index is 10.5. The lowest BCUT2D eigenvalue weighted by Crippen LogP contribution is -2.61. The van der Waals surface area contributed by atoms with Crippen LogP contribution in [-0.4, -0.2) is 57.1 Å². The highest BCUT2D eigenvalue weighted by Crippen LogP contribution is 2.21. The first-order valence-corrected chi connectivity index (χ1v) is 3.77. The summed E-state index contributed by atoms with van der Waals surface area (Å²) in [6.45, 7) is 0. The van der Waals surface area contributed by atoms with E-state index >= 15 is 0 Å². The van der Waals surface area contributed by atoms with E-state index in [1.165, 1.54) is 0 Å². The normalized spacial score (nSPS) is 43.6. The molecule has 0 radical (unpaired) electrons. The average molecular weight is 209 g/mol. The molecule has 6 N–H and O–H groups in total. The van der Waals surface area contributed by atoms with Crippen LogP contribution in [0.1, 0.15) is 0 Å². The van der Waals surface area contributed by atoms with Crippen LogP contribution in [-0.2, 0) is 14.4 Å². The van der Waals surface area contributed by atoms with Crippen LogP contribution in [0, 0.1) is 0 Å². The summed E-state index contributed by atoms with van der Waals surface area (Å²) in [6, 6.07) is 0. The molecule has 8 nitrogen and oxygen atoms in total. The maximum Gasteiger partial charge on any atom is 0.335 e. The van der Waals surface area contributed by atoms with Crippen molar-refractivity contribution in [2.75, 3.05) is 0 Å². The third kappa shape index (κ3) is 1.85. The van der Waals surface area contributed by atoms with Crippen molar-refractivity contribution in [2.24, 2.45) is 5.90 Å². The van der Waals surface area contributed by atoms with E-state index in [4.69, 9.17) is 16.1 Å². The zero-order valence-corrected chi connectivity index (χ0v) is 6.98. The largest absolute Gasteiger partial charge is 0.479 e. The summed E-state index contributed by atoms with van der Waals surface area (Å²) in [5.74, 6) is 3.25. The van der Waals surface area contributed by atoms with Crippen molar-refractivity contribution in [1.82, 2.24) is 0 Å². The van der Waals surface area contributed by atoms with Gasteiger partial charge >= 0.3 is 5.97 Å². The van der Waals surface area contributed by atoms with Gasteiger partial charge in [-0.25, -0.2) is 10.7 Å². The molecule has 1 aliphatic rings. The molecular weight excluding hydrogens is 198 g/mol. The Morgan fingerprint density at radius 1 is 1.29 bits per heavy atom. The molecule has 1 saturated heterocycles. The SMILES string of the molecule is NOC1C(O)C(O)OC(C(=O)O)C1O. The lowest BCUT2D eigenvalue weighted by Gasteiger charge is -2.37. The van der Waals surface area contributed by atoms with Crippen LogP contribution in [0.3, 0.4) is 0 Å². The number of hydrogen-bond donors (Lipinski definition) is 5. The zero-order chi connectivity index (χ0) is 10.9. The second-order valence-corrected chi connectivity index (χ2v) is 2.87. The summed E-state index contributed by atoms with van der Waals surface area (Å²) in [4.78, 5) is 14.7. The summed E-state index contributed by atoms with van der Waals surface area (Å²) in [7, 11) is 0. The van der Waals surface area contributed by atoms with E-state index in [1.54, 1.807) is 0 Å². The number of hydrogen-bond acceptors (Lipinski definition) is 7. The van der Waals surface area contributed by atoms with Gasteiger partial charge < -0.3 is 25.2 Å². The number of carboxylic acid groups (broad SMARTS) is 1. The molecule has 0 aromatic rings. The fourth-order valence-corrected chi connectivity index (χ4v) is 1.21. The molecule has 14 heavy (non-hydrogen) atoms. The topological polar surface area (TPSA) is 142 Å². The van der Waals surface area contributed by atoms with Crippen LogP contribution in [0.5, 0.6) is 0 Å². The minimum atomic E-state index is -1.76. The molecule has 82 valence electrons. The van der Waals surface area contributed by atoms with Crippen LogP contribution in [0.15, 0.2) is 0 Å². The number of ether oxygens (including phenoxy) is 1. The Kier molecular flexibility index (Phi) is 3.37. The summed E-state index contributed by atoms with van der Waals surface area (Å²) in [6.07, 6.45) is -8.07. The average Bonchev–Trinajstić information content (AvgIpc) is 2.12. The third-order valence-electron chi connectivity index (χ3n) is 1.96. The lowest BCUT2D eigenvalue weighted by molar-refractivity contribution is -0.288. The predicted molar refractivity (Wildman–Crippen MR) is 39.6 cm³/mol. The minimum absolute atomic E-state index is 1.40. The lowest BCUT2D eigenvalue weighted by atomic mass is 9.99. The van der Waals surface area contributed by atoms with Crippen molar-refractivity contribution in [3.05, 3.63) is 0 Å². The van der Waals surface area contributed by atoms with Gasteiger partial charge in [-0.1, -0.05) is 0 Å². The molecule has 1 aliphatic heterocycles. The highest BCUT2D eigenvalue weighted by atomic mass is 16.7. The van der Waals surface area contributed by atoms with E-state index in [9.17, 15) is 15.0 Å². The number of rotatable bonds is 2. The van der Waals surface area contributed by atoms with Gasteiger partial charge in [-0.15, -0.1) is 0 Å². The molecule has 0 aromatic carbocycles. The zero-order valence-electron chi connectivity index (χ0n) is 6.98. The van der Waals surface area contributed by atoms with Gasteiger partial charge in [-0.2, -0.15) is 0 Å². The van der Waals surface area contributed by atoms with Crippen molar-refractivity contribution in [3.8, 4) is 0 Å². The van der Waals surface area contributed by atoms with E-state index in [-0.39, 0.29) is 0 Å². The summed E-state index contributed by atoms with van der Waals surface area (Å²) >= 11 is 0. The highest BCUT2D eigenvalue weighted by Gasteiger charge is 2.47. The second kappa shape index (κ2) is 4.17.